The molecule has 0 bridgehead atoms. The van der Waals surface area contributed by atoms with E-state index < -0.39 is 0 Å². The van der Waals surface area contributed by atoms with Gasteiger partial charge in [-0.05, 0) is 22.1 Å². The summed E-state index contributed by atoms with van der Waals surface area (Å²) in [6.45, 7) is 0.481. The molecule has 0 saturated heterocycles. The summed E-state index contributed by atoms with van der Waals surface area (Å²) >= 11 is 0. The number of benzene rings is 1. The summed E-state index contributed by atoms with van der Waals surface area (Å²) < 4.78 is 7.14. The first-order valence-electron chi connectivity index (χ1n) is 5.83. The number of nitrogen functional groups attached to an aromatic ring is 1. The molecule has 7 heteroatoms. The van der Waals surface area contributed by atoms with Crippen molar-refractivity contribution in [2.24, 2.45) is 0 Å². The van der Waals surface area contributed by atoms with Gasteiger partial charge in [-0.1, -0.05) is 18.2 Å². The Labute approximate surface area is 109 Å². The largest absolute Gasteiger partial charge is 0.476 e. The van der Waals surface area contributed by atoms with Crippen molar-refractivity contribution in [1.82, 2.24) is 25.0 Å². The normalized spacial score (nSPS) is 10.7. The van der Waals surface area contributed by atoms with Gasteiger partial charge in [0.25, 0.3) is 0 Å². The smallest absolute Gasteiger partial charge is 0.237 e. The van der Waals surface area contributed by atoms with Gasteiger partial charge >= 0.3 is 0 Å². The molecule has 96 valence electrons. The molecule has 3 aromatic rings. The van der Waals surface area contributed by atoms with Crippen LogP contribution < -0.4 is 10.5 Å². The third-order valence-corrected chi connectivity index (χ3v) is 2.75. The highest BCUT2D eigenvalue weighted by Crippen LogP contribution is 2.13. The Kier molecular flexibility index (Phi) is 2.93. The molecule has 0 fully saturated rings. The van der Waals surface area contributed by atoms with Gasteiger partial charge in [-0.2, -0.15) is 4.52 Å². The molecule has 0 saturated carbocycles. The van der Waals surface area contributed by atoms with E-state index in [1.165, 1.54) is 4.52 Å². The second-order valence-corrected chi connectivity index (χ2v) is 3.99. The maximum atomic E-state index is 5.87. The molecule has 0 aliphatic rings. The maximum Gasteiger partial charge on any atom is 0.237 e. The minimum Gasteiger partial charge on any atom is -0.476 e. The molecule has 0 unspecified atom stereocenters. The Bertz CT molecular complexity index is 695. The number of ether oxygens (including phenoxy) is 1. The summed E-state index contributed by atoms with van der Waals surface area (Å²) in [5.41, 5.74) is 8.24. The molecule has 0 amide bonds. The Hall–Kier alpha value is -2.70. The van der Waals surface area contributed by atoms with Gasteiger partial charge in [-0.3, -0.25) is 4.98 Å². The van der Waals surface area contributed by atoms with Crippen molar-refractivity contribution in [3.63, 3.8) is 0 Å². The van der Waals surface area contributed by atoms with E-state index in [2.05, 4.69) is 20.5 Å². The number of nitrogens with zero attached hydrogens (tertiary/aromatic N) is 5. The first kappa shape index (κ1) is 11.4. The second kappa shape index (κ2) is 4.89. The van der Waals surface area contributed by atoms with E-state index in [0.29, 0.717) is 24.6 Å². The van der Waals surface area contributed by atoms with Crippen molar-refractivity contribution in [2.45, 2.75) is 6.42 Å². The van der Waals surface area contributed by atoms with Crippen molar-refractivity contribution in [2.75, 3.05) is 12.3 Å². The minimum absolute atomic E-state index is 0.481. The highest BCUT2D eigenvalue weighted by Gasteiger charge is 2.05. The average Bonchev–Trinajstić information content (AvgIpc) is 2.90. The van der Waals surface area contributed by atoms with Crippen molar-refractivity contribution in [1.29, 1.82) is 0 Å². The highest BCUT2D eigenvalue weighted by molar-refractivity contribution is 5.46. The molecule has 1 aromatic carbocycles. The zero-order valence-corrected chi connectivity index (χ0v) is 10.1. The van der Waals surface area contributed by atoms with Crippen LogP contribution in [0.3, 0.4) is 0 Å². The lowest BCUT2D eigenvalue weighted by atomic mass is 10.1. The predicted molar refractivity (Wildman–Crippen MR) is 68.6 cm³/mol. The number of tetrazole rings is 1. The topological polar surface area (TPSA) is 91.2 Å². The van der Waals surface area contributed by atoms with Crippen LogP contribution in [0.2, 0.25) is 0 Å². The fourth-order valence-electron chi connectivity index (χ4n) is 1.78. The third kappa shape index (κ3) is 2.30. The number of nitrogens with two attached hydrogens (primary N) is 1. The van der Waals surface area contributed by atoms with Crippen LogP contribution in [0.5, 0.6) is 5.88 Å². The molecule has 0 aliphatic heterocycles. The summed E-state index contributed by atoms with van der Waals surface area (Å²) in [7, 11) is 0. The van der Waals surface area contributed by atoms with E-state index in [0.717, 1.165) is 11.3 Å². The lowest BCUT2D eigenvalue weighted by Gasteiger charge is -2.07. The van der Waals surface area contributed by atoms with E-state index in [-0.39, 0.29) is 0 Å². The fraction of sp³-hybridized carbons (Fsp3) is 0.167. The quantitative estimate of drug-likeness (QED) is 0.692. The summed E-state index contributed by atoms with van der Waals surface area (Å²) in [6, 6.07) is 7.72. The van der Waals surface area contributed by atoms with Gasteiger partial charge in [0, 0.05) is 12.1 Å². The lowest BCUT2D eigenvalue weighted by molar-refractivity contribution is 0.299. The van der Waals surface area contributed by atoms with E-state index in [1.54, 1.807) is 12.4 Å². The van der Waals surface area contributed by atoms with Gasteiger partial charge in [0.15, 0.2) is 0 Å². The van der Waals surface area contributed by atoms with E-state index in [9.17, 15) is 0 Å². The van der Waals surface area contributed by atoms with Crippen molar-refractivity contribution < 1.29 is 4.74 Å². The van der Waals surface area contributed by atoms with Gasteiger partial charge in [0.1, 0.15) is 0 Å². The first-order valence-corrected chi connectivity index (χ1v) is 5.83. The van der Waals surface area contributed by atoms with Crippen LogP contribution >= 0.6 is 0 Å². The maximum absolute atomic E-state index is 5.87. The van der Waals surface area contributed by atoms with Crippen LogP contribution in [-0.4, -0.2) is 31.6 Å². The third-order valence-electron chi connectivity index (χ3n) is 2.75. The first-order chi connectivity index (χ1) is 9.34. The second-order valence-electron chi connectivity index (χ2n) is 3.99. The molecule has 0 radical (unpaired) electrons. The Morgan fingerprint density at radius 2 is 2.11 bits per heavy atom. The molecular formula is C12H12N6O. The van der Waals surface area contributed by atoms with Crippen LogP contribution in [-0.2, 0) is 6.42 Å². The molecular weight excluding hydrogens is 244 g/mol. The molecule has 0 aliphatic carbocycles. The van der Waals surface area contributed by atoms with Gasteiger partial charge < -0.3 is 10.5 Å². The molecule has 19 heavy (non-hydrogen) atoms. The predicted octanol–water partition coefficient (Wildman–Crippen LogP) is 0.723. The summed E-state index contributed by atoms with van der Waals surface area (Å²) in [5, 5.41) is 11.2. The van der Waals surface area contributed by atoms with Crippen molar-refractivity contribution in [3.05, 3.63) is 42.2 Å². The SMILES string of the molecule is Nc1ccccc1CCOc1cncc2nnnn12. The molecule has 0 spiro atoms. The van der Waals surface area contributed by atoms with Gasteiger partial charge in [0.2, 0.25) is 11.5 Å². The van der Waals surface area contributed by atoms with Crippen molar-refractivity contribution in [3.8, 4) is 5.88 Å². The minimum atomic E-state index is 0.481. The summed E-state index contributed by atoms with van der Waals surface area (Å²) in [4.78, 5) is 4.02. The molecule has 2 N–H and O–H groups in total. The zero-order valence-electron chi connectivity index (χ0n) is 10.1. The number of para-hydroxylation sites is 1. The van der Waals surface area contributed by atoms with Crippen LogP contribution in [0.1, 0.15) is 5.56 Å². The van der Waals surface area contributed by atoms with Crippen LogP contribution in [0.15, 0.2) is 36.7 Å². The molecule has 2 aromatic heterocycles. The number of anilines is 1. The molecule has 3 rings (SSSR count). The molecule has 0 atom stereocenters. The number of rotatable bonds is 4. The van der Waals surface area contributed by atoms with Gasteiger partial charge in [0.05, 0.1) is 19.0 Å². The Balaban J connectivity index is 1.70. The average molecular weight is 256 g/mol. The van der Waals surface area contributed by atoms with Gasteiger partial charge in [-0.25, -0.2) is 0 Å². The summed E-state index contributed by atoms with van der Waals surface area (Å²) in [6.07, 6.45) is 3.87. The molecule has 7 nitrogen and oxygen atoms in total. The Morgan fingerprint density at radius 1 is 1.21 bits per heavy atom. The monoisotopic (exact) mass is 256 g/mol. The number of hydrogen-bond acceptors (Lipinski definition) is 6. The van der Waals surface area contributed by atoms with E-state index in [4.69, 9.17) is 10.5 Å². The van der Waals surface area contributed by atoms with E-state index >= 15 is 0 Å². The lowest BCUT2D eigenvalue weighted by Crippen LogP contribution is -2.07. The van der Waals surface area contributed by atoms with Crippen LogP contribution in [0, 0.1) is 0 Å². The number of aromatic nitrogens is 5. The highest BCUT2D eigenvalue weighted by atomic mass is 16.5. The number of fused-ring (bicyclic) bond motifs is 1. The van der Waals surface area contributed by atoms with Crippen LogP contribution in [0.25, 0.3) is 5.65 Å². The van der Waals surface area contributed by atoms with Crippen molar-refractivity contribution >= 4 is 11.3 Å². The Morgan fingerprint density at radius 3 is 3.00 bits per heavy atom. The standard InChI is InChI=1S/C12H12N6O/c13-10-4-2-1-3-9(10)5-6-19-12-8-14-7-11-15-16-17-18(11)12/h1-4,7-8H,5-6,13H2. The number of hydrogen-bond donors (Lipinski definition) is 1. The van der Waals surface area contributed by atoms with Crippen LogP contribution in [0.4, 0.5) is 5.69 Å². The zero-order chi connectivity index (χ0) is 13.1. The van der Waals surface area contributed by atoms with E-state index in [1.807, 2.05) is 24.3 Å². The summed E-state index contributed by atoms with van der Waals surface area (Å²) in [5.74, 6) is 0.511. The molecule has 2 heterocycles. The van der Waals surface area contributed by atoms with Gasteiger partial charge in [-0.15, -0.1) is 5.10 Å². The fourth-order valence-corrected chi connectivity index (χ4v) is 1.78.